The third kappa shape index (κ3) is 3.13. The van der Waals surface area contributed by atoms with Crippen molar-refractivity contribution in [2.45, 2.75) is 6.92 Å². The van der Waals surface area contributed by atoms with E-state index < -0.39 is 0 Å². The van der Waals surface area contributed by atoms with Crippen LogP contribution in [0.1, 0.15) is 15.9 Å². The summed E-state index contributed by atoms with van der Waals surface area (Å²) in [5.74, 6) is 0.388. The minimum absolute atomic E-state index is 0.157. The molecule has 4 rings (SSSR count). The van der Waals surface area contributed by atoms with Crippen molar-refractivity contribution in [2.75, 3.05) is 5.32 Å². The number of hydrogen-bond donors (Lipinski definition) is 1. The third-order valence-electron chi connectivity index (χ3n) is 4.21. The lowest BCUT2D eigenvalue weighted by molar-refractivity contribution is 0.102. The minimum atomic E-state index is -0.157. The van der Waals surface area contributed by atoms with E-state index in [-0.39, 0.29) is 5.91 Å². The maximum absolute atomic E-state index is 12.5. The molecule has 4 aromatic rings. The monoisotopic (exact) mass is 406 g/mol. The Morgan fingerprint density at radius 3 is 2.54 bits per heavy atom. The molecule has 1 aromatic heterocycles. The zero-order valence-corrected chi connectivity index (χ0v) is 15.6. The molecule has 0 aliphatic heterocycles. The van der Waals surface area contributed by atoms with Crippen molar-refractivity contribution >= 4 is 38.6 Å². The first kappa shape index (κ1) is 16.5. The Labute approximate surface area is 159 Å². The first-order valence-corrected chi connectivity index (χ1v) is 8.93. The fraction of sp³-hybridized carbons (Fsp3) is 0.0476. The first-order valence-electron chi connectivity index (χ1n) is 8.14. The summed E-state index contributed by atoms with van der Waals surface area (Å²) in [6, 6.07) is 20.6. The number of fused-ring (bicyclic) bond motifs is 1. The molecule has 0 radical (unpaired) electrons. The number of para-hydroxylation sites is 2. The van der Waals surface area contributed by atoms with Crippen LogP contribution in [0, 0.1) is 6.92 Å². The van der Waals surface area contributed by atoms with Gasteiger partial charge in [-0.3, -0.25) is 4.79 Å². The Morgan fingerprint density at radius 2 is 1.77 bits per heavy atom. The standard InChI is InChI=1S/C21H15BrN2O2/c1-13-16(21-24-18-6-2-3-8-19(18)26-21)5-4-7-17(13)23-20(25)14-9-11-15(22)12-10-14/h2-12H,1H3,(H,23,25). The number of carbonyl (C=O) groups excluding carboxylic acids is 1. The number of benzene rings is 3. The molecule has 0 spiro atoms. The molecule has 0 fully saturated rings. The molecule has 0 bridgehead atoms. The van der Waals surface area contributed by atoms with Gasteiger partial charge < -0.3 is 9.73 Å². The van der Waals surface area contributed by atoms with Gasteiger partial charge in [-0.05, 0) is 61.0 Å². The molecule has 5 heteroatoms. The molecule has 0 aliphatic carbocycles. The summed E-state index contributed by atoms with van der Waals surface area (Å²) in [7, 11) is 0. The van der Waals surface area contributed by atoms with Gasteiger partial charge in [0.25, 0.3) is 5.91 Å². The fourth-order valence-electron chi connectivity index (χ4n) is 2.79. The second-order valence-corrected chi connectivity index (χ2v) is 6.84. The van der Waals surface area contributed by atoms with Gasteiger partial charge in [0.05, 0.1) is 0 Å². The third-order valence-corrected chi connectivity index (χ3v) is 4.74. The molecule has 0 aliphatic rings. The van der Waals surface area contributed by atoms with Gasteiger partial charge >= 0.3 is 0 Å². The van der Waals surface area contributed by atoms with E-state index in [0.29, 0.717) is 11.5 Å². The molecule has 128 valence electrons. The number of aromatic nitrogens is 1. The van der Waals surface area contributed by atoms with Crippen LogP contribution in [-0.4, -0.2) is 10.9 Å². The summed E-state index contributed by atoms with van der Waals surface area (Å²) >= 11 is 3.37. The molecule has 1 N–H and O–H groups in total. The van der Waals surface area contributed by atoms with E-state index in [1.807, 2.05) is 61.5 Å². The Hall–Kier alpha value is -2.92. The molecular weight excluding hydrogens is 392 g/mol. The lowest BCUT2D eigenvalue weighted by atomic mass is 10.1. The Balaban J connectivity index is 1.67. The zero-order chi connectivity index (χ0) is 18.1. The Morgan fingerprint density at radius 1 is 1.00 bits per heavy atom. The average Bonchev–Trinajstić information content (AvgIpc) is 3.08. The molecule has 3 aromatic carbocycles. The second-order valence-electron chi connectivity index (χ2n) is 5.93. The molecule has 0 atom stereocenters. The highest BCUT2D eigenvalue weighted by Crippen LogP contribution is 2.30. The van der Waals surface area contributed by atoms with Crippen LogP contribution in [0.5, 0.6) is 0 Å². The maximum Gasteiger partial charge on any atom is 0.255 e. The normalized spacial score (nSPS) is 10.8. The van der Waals surface area contributed by atoms with Crippen LogP contribution in [0.4, 0.5) is 5.69 Å². The SMILES string of the molecule is Cc1c(NC(=O)c2ccc(Br)cc2)cccc1-c1nc2ccccc2o1. The quantitative estimate of drug-likeness (QED) is 0.466. The van der Waals surface area contributed by atoms with Crippen molar-refractivity contribution in [3.8, 4) is 11.5 Å². The highest BCUT2D eigenvalue weighted by atomic mass is 79.9. The van der Waals surface area contributed by atoms with Gasteiger partial charge in [0.1, 0.15) is 5.52 Å². The summed E-state index contributed by atoms with van der Waals surface area (Å²) in [6.45, 7) is 1.95. The smallest absolute Gasteiger partial charge is 0.255 e. The van der Waals surface area contributed by atoms with Gasteiger partial charge in [0, 0.05) is 21.3 Å². The van der Waals surface area contributed by atoms with Crippen LogP contribution in [0.3, 0.4) is 0 Å². The van der Waals surface area contributed by atoms with Gasteiger partial charge in [-0.25, -0.2) is 4.98 Å². The molecule has 1 amide bonds. The van der Waals surface area contributed by atoms with Crippen LogP contribution >= 0.6 is 15.9 Å². The van der Waals surface area contributed by atoms with Gasteiger partial charge in [-0.15, -0.1) is 0 Å². The Bertz CT molecular complexity index is 1070. The van der Waals surface area contributed by atoms with Crippen LogP contribution in [-0.2, 0) is 0 Å². The summed E-state index contributed by atoms with van der Waals surface area (Å²) in [5, 5.41) is 2.97. The predicted molar refractivity (Wildman–Crippen MR) is 106 cm³/mol. The molecule has 4 nitrogen and oxygen atoms in total. The number of rotatable bonds is 3. The maximum atomic E-state index is 12.5. The van der Waals surface area contributed by atoms with Crippen molar-refractivity contribution in [3.63, 3.8) is 0 Å². The predicted octanol–water partition coefficient (Wildman–Crippen LogP) is 5.82. The fourth-order valence-corrected chi connectivity index (χ4v) is 3.05. The lowest BCUT2D eigenvalue weighted by Gasteiger charge is -2.11. The number of halogens is 1. The number of hydrogen-bond acceptors (Lipinski definition) is 3. The van der Waals surface area contributed by atoms with Crippen LogP contribution in [0.15, 0.2) is 75.6 Å². The van der Waals surface area contributed by atoms with E-state index in [9.17, 15) is 4.79 Å². The number of nitrogens with zero attached hydrogens (tertiary/aromatic N) is 1. The van der Waals surface area contributed by atoms with E-state index in [1.54, 1.807) is 12.1 Å². The summed E-state index contributed by atoms with van der Waals surface area (Å²) in [6.07, 6.45) is 0. The van der Waals surface area contributed by atoms with Crippen molar-refractivity contribution in [3.05, 3.63) is 82.3 Å². The molecule has 26 heavy (non-hydrogen) atoms. The highest BCUT2D eigenvalue weighted by molar-refractivity contribution is 9.10. The van der Waals surface area contributed by atoms with Crippen molar-refractivity contribution < 1.29 is 9.21 Å². The largest absolute Gasteiger partial charge is 0.436 e. The van der Waals surface area contributed by atoms with Gasteiger partial charge in [0.15, 0.2) is 5.58 Å². The molecule has 0 saturated carbocycles. The van der Waals surface area contributed by atoms with Gasteiger partial charge in [0.2, 0.25) is 5.89 Å². The zero-order valence-electron chi connectivity index (χ0n) is 14.0. The molecule has 0 saturated heterocycles. The lowest BCUT2D eigenvalue weighted by Crippen LogP contribution is -2.12. The number of carbonyl (C=O) groups is 1. The van der Waals surface area contributed by atoms with Crippen molar-refractivity contribution in [1.82, 2.24) is 4.98 Å². The van der Waals surface area contributed by atoms with E-state index in [1.165, 1.54) is 0 Å². The average molecular weight is 407 g/mol. The summed E-state index contributed by atoms with van der Waals surface area (Å²) in [5.41, 5.74) is 4.65. The van der Waals surface area contributed by atoms with E-state index >= 15 is 0 Å². The van der Waals surface area contributed by atoms with E-state index in [2.05, 4.69) is 26.2 Å². The van der Waals surface area contributed by atoms with Crippen molar-refractivity contribution in [1.29, 1.82) is 0 Å². The summed E-state index contributed by atoms with van der Waals surface area (Å²) < 4.78 is 6.80. The number of amides is 1. The second kappa shape index (κ2) is 6.77. The van der Waals surface area contributed by atoms with Crippen LogP contribution < -0.4 is 5.32 Å². The van der Waals surface area contributed by atoms with Crippen LogP contribution in [0.25, 0.3) is 22.6 Å². The number of oxazole rings is 1. The first-order chi connectivity index (χ1) is 12.6. The topological polar surface area (TPSA) is 55.1 Å². The highest BCUT2D eigenvalue weighted by Gasteiger charge is 2.14. The molecular formula is C21H15BrN2O2. The van der Waals surface area contributed by atoms with E-state index in [4.69, 9.17) is 4.42 Å². The van der Waals surface area contributed by atoms with E-state index in [0.717, 1.165) is 32.4 Å². The number of anilines is 1. The summed E-state index contributed by atoms with van der Waals surface area (Å²) in [4.78, 5) is 17.0. The van der Waals surface area contributed by atoms with Gasteiger partial charge in [-0.2, -0.15) is 0 Å². The van der Waals surface area contributed by atoms with Crippen LogP contribution in [0.2, 0.25) is 0 Å². The van der Waals surface area contributed by atoms with Gasteiger partial charge in [-0.1, -0.05) is 34.1 Å². The Kier molecular flexibility index (Phi) is 4.31. The minimum Gasteiger partial charge on any atom is -0.436 e. The molecule has 1 heterocycles. The van der Waals surface area contributed by atoms with Crippen molar-refractivity contribution in [2.24, 2.45) is 0 Å². The molecule has 0 unspecified atom stereocenters. The number of nitrogens with one attached hydrogen (secondary N) is 1.